The lowest BCUT2D eigenvalue weighted by atomic mass is 10.2. The van der Waals surface area contributed by atoms with Gasteiger partial charge in [-0.3, -0.25) is 9.36 Å². The Morgan fingerprint density at radius 1 is 1.31 bits per heavy atom. The molecule has 16 heavy (non-hydrogen) atoms. The first-order chi connectivity index (χ1) is 7.25. The molecule has 0 bridgehead atoms. The van der Waals surface area contributed by atoms with Crippen molar-refractivity contribution in [1.29, 1.82) is 0 Å². The zero-order valence-electron chi connectivity index (χ0n) is 9.99. The standard InChI is InChI=1S/C9H18BrO5P/c1-9(2,10)8(11)15-6-5-7-16(12,13-3)14-4/h5-7H2,1-4H3. The van der Waals surface area contributed by atoms with Crippen molar-refractivity contribution in [2.24, 2.45) is 0 Å². The number of carbonyl (C=O) groups is 1. The van der Waals surface area contributed by atoms with Crippen molar-refractivity contribution in [1.82, 2.24) is 0 Å². The van der Waals surface area contributed by atoms with Crippen LogP contribution in [0.1, 0.15) is 20.3 Å². The Bertz CT molecular complexity index is 266. The molecule has 0 aliphatic carbocycles. The van der Waals surface area contributed by atoms with Crippen LogP contribution in [0.5, 0.6) is 0 Å². The number of ether oxygens (including phenoxy) is 1. The van der Waals surface area contributed by atoms with Gasteiger partial charge in [0.15, 0.2) is 0 Å². The Balaban J connectivity index is 3.86. The third-order valence-corrected chi connectivity index (χ3v) is 4.15. The fourth-order valence-electron chi connectivity index (χ4n) is 0.852. The number of alkyl halides is 1. The first kappa shape index (κ1) is 16.1. The van der Waals surface area contributed by atoms with E-state index in [0.717, 1.165) is 0 Å². The van der Waals surface area contributed by atoms with Crippen molar-refractivity contribution in [3.63, 3.8) is 0 Å². The summed E-state index contributed by atoms with van der Waals surface area (Å²) in [6.07, 6.45) is 0.670. The molecule has 0 radical (unpaired) electrons. The van der Waals surface area contributed by atoms with Gasteiger partial charge in [-0.15, -0.1) is 0 Å². The minimum atomic E-state index is -2.98. The Hall–Kier alpha value is 0.1000. The Morgan fingerprint density at radius 3 is 2.19 bits per heavy atom. The van der Waals surface area contributed by atoms with E-state index in [0.29, 0.717) is 6.42 Å². The number of hydrogen-bond donors (Lipinski definition) is 0. The molecule has 7 heteroatoms. The number of halogens is 1. The third kappa shape index (κ3) is 5.99. The summed E-state index contributed by atoms with van der Waals surface area (Å²) in [7, 11) is -0.322. The minimum absolute atomic E-state index is 0.199. The van der Waals surface area contributed by atoms with Crippen molar-refractivity contribution in [3.8, 4) is 0 Å². The summed E-state index contributed by atoms with van der Waals surface area (Å²) >= 11 is 3.18. The van der Waals surface area contributed by atoms with Gasteiger partial charge in [0.25, 0.3) is 0 Å². The van der Waals surface area contributed by atoms with Crippen molar-refractivity contribution in [2.75, 3.05) is 27.0 Å². The monoisotopic (exact) mass is 316 g/mol. The van der Waals surface area contributed by atoms with E-state index in [9.17, 15) is 9.36 Å². The molecule has 0 aromatic carbocycles. The summed E-state index contributed by atoms with van der Waals surface area (Å²) in [4.78, 5) is 11.3. The van der Waals surface area contributed by atoms with Crippen LogP contribution in [0, 0.1) is 0 Å². The van der Waals surface area contributed by atoms with Gasteiger partial charge in [-0.25, -0.2) is 0 Å². The quantitative estimate of drug-likeness (QED) is 0.313. The van der Waals surface area contributed by atoms with E-state index in [2.05, 4.69) is 15.9 Å². The van der Waals surface area contributed by atoms with Crippen LogP contribution in [0.2, 0.25) is 0 Å². The second kappa shape index (κ2) is 6.74. The van der Waals surface area contributed by atoms with Gasteiger partial charge < -0.3 is 13.8 Å². The molecule has 0 aliphatic rings. The molecule has 0 unspecified atom stereocenters. The molecule has 96 valence electrons. The van der Waals surface area contributed by atoms with Crippen LogP contribution in [-0.4, -0.2) is 37.3 Å². The topological polar surface area (TPSA) is 61.8 Å². The number of carbonyl (C=O) groups excluding carboxylic acids is 1. The van der Waals surface area contributed by atoms with E-state index >= 15 is 0 Å². The van der Waals surface area contributed by atoms with Gasteiger partial charge in [-0.1, -0.05) is 15.9 Å². The van der Waals surface area contributed by atoms with Crippen LogP contribution in [-0.2, 0) is 23.1 Å². The maximum Gasteiger partial charge on any atom is 0.330 e. The molecular formula is C9H18BrO5P. The normalized spacial score (nSPS) is 12.6. The summed E-state index contributed by atoms with van der Waals surface area (Å²) in [5.74, 6) is -0.350. The van der Waals surface area contributed by atoms with Crippen molar-refractivity contribution in [2.45, 2.75) is 24.6 Å². The minimum Gasteiger partial charge on any atom is -0.465 e. The van der Waals surface area contributed by atoms with Gasteiger partial charge in [-0.05, 0) is 20.3 Å². The van der Waals surface area contributed by atoms with Crippen LogP contribution in [0.15, 0.2) is 0 Å². The summed E-state index contributed by atoms with van der Waals surface area (Å²) in [5.41, 5.74) is 0. The fraction of sp³-hybridized carbons (Fsp3) is 0.889. The molecule has 0 atom stereocenters. The predicted octanol–water partition coefficient (Wildman–Crippen LogP) is 2.58. The number of esters is 1. The maximum atomic E-state index is 11.6. The van der Waals surface area contributed by atoms with Gasteiger partial charge in [0, 0.05) is 14.2 Å². The largest absolute Gasteiger partial charge is 0.465 e. The third-order valence-electron chi connectivity index (χ3n) is 1.85. The van der Waals surface area contributed by atoms with E-state index in [1.807, 2.05) is 0 Å². The lowest BCUT2D eigenvalue weighted by molar-refractivity contribution is -0.145. The van der Waals surface area contributed by atoms with Gasteiger partial charge in [0.05, 0.1) is 12.8 Å². The summed E-state index contributed by atoms with van der Waals surface area (Å²) in [5, 5.41) is 0. The summed E-state index contributed by atoms with van der Waals surface area (Å²) in [6.45, 7) is 3.60. The molecular weight excluding hydrogens is 299 g/mol. The van der Waals surface area contributed by atoms with Crippen LogP contribution in [0.25, 0.3) is 0 Å². The van der Waals surface area contributed by atoms with E-state index < -0.39 is 11.9 Å². The highest BCUT2D eigenvalue weighted by Gasteiger charge is 2.26. The lowest BCUT2D eigenvalue weighted by Gasteiger charge is -2.16. The second-order valence-electron chi connectivity index (χ2n) is 3.66. The molecule has 5 nitrogen and oxygen atoms in total. The second-order valence-corrected chi connectivity index (χ2v) is 8.04. The molecule has 0 heterocycles. The van der Waals surface area contributed by atoms with E-state index in [1.165, 1.54) is 14.2 Å². The first-order valence-corrected chi connectivity index (χ1v) is 7.34. The Morgan fingerprint density at radius 2 is 1.81 bits per heavy atom. The zero-order valence-corrected chi connectivity index (χ0v) is 12.5. The molecule has 0 rings (SSSR count). The molecule has 0 spiro atoms. The molecule has 0 fully saturated rings. The average Bonchev–Trinajstić information content (AvgIpc) is 2.22. The van der Waals surface area contributed by atoms with Crippen LogP contribution >= 0.6 is 23.5 Å². The van der Waals surface area contributed by atoms with Crippen molar-refractivity contribution >= 4 is 29.5 Å². The van der Waals surface area contributed by atoms with E-state index in [1.54, 1.807) is 13.8 Å². The lowest BCUT2D eigenvalue weighted by Crippen LogP contribution is -2.27. The Labute approximate surface area is 104 Å². The molecule has 0 amide bonds. The zero-order chi connectivity index (χ0) is 12.8. The van der Waals surface area contributed by atoms with Gasteiger partial charge in [-0.2, -0.15) is 0 Å². The predicted molar refractivity (Wildman–Crippen MR) is 65.1 cm³/mol. The van der Waals surface area contributed by atoms with Gasteiger partial charge >= 0.3 is 13.6 Å². The molecule has 0 saturated carbocycles. The van der Waals surface area contributed by atoms with Crippen molar-refractivity contribution in [3.05, 3.63) is 0 Å². The van der Waals surface area contributed by atoms with Gasteiger partial charge in [0.2, 0.25) is 0 Å². The summed E-state index contributed by atoms with van der Waals surface area (Å²) < 4.78 is 25.4. The van der Waals surface area contributed by atoms with Gasteiger partial charge in [0.1, 0.15) is 4.32 Å². The highest BCUT2D eigenvalue weighted by molar-refractivity contribution is 9.10. The molecule has 0 aromatic heterocycles. The Kier molecular flexibility index (Phi) is 6.79. The smallest absolute Gasteiger partial charge is 0.330 e. The molecule has 0 aliphatic heterocycles. The highest BCUT2D eigenvalue weighted by atomic mass is 79.9. The molecule has 0 aromatic rings. The first-order valence-electron chi connectivity index (χ1n) is 4.82. The molecule has 0 N–H and O–H groups in total. The number of rotatable bonds is 7. The SMILES string of the molecule is COP(=O)(CCCOC(=O)C(C)(C)Br)OC. The fourth-order valence-corrected chi connectivity index (χ4v) is 2.00. The van der Waals surface area contributed by atoms with Crippen LogP contribution in [0.3, 0.4) is 0 Å². The van der Waals surface area contributed by atoms with Crippen LogP contribution in [0.4, 0.5) is 0 Å². The van der Waals surface area contributed by atoms with E-state index in [4.69, 9.17) is 13.8 Å². The number of hydrogen-bond acceptors (Lipinski definition) is 5. The van der Waals surface area contributed by atoms with E-state index in [-0.39, 0.29) is 18.7 Å². The average molecular weight is 317 g/mol. The van der Waals surface area contributed by atoms with Crippen LogP contribution < -0.4 is 0 Å². The maximum absolute atomic E-state index is 11.6. The highest BCUT2D eigenvalue weighted by Crippen LogP contribution is 2.46. The van der Waals surface area contributed by atoms with Crippen molar-refractivity contribution < 1.29 is 23.1 Å². The molecule has 0 saturated heterocycles. The summed E-state index contributed by atoms with van der Waals surface area (Å²) in [6, 6.07) is 0.